The summed E-state index contributed by atoms with van der Waals surface area (Å²) in [6.45, 7) is 0.395. The van der Waals surface area contributed by atoms with Gasteiger partial charge in [0.15, 0.2) is 0 Å². The predicted molar refractivity (Wildman–Crippen MR) is 194 cm³/mol. The molecule has 0 nitrogen and oxygen atoms in total. The quantitative estimate of drug-likeness (QED) is 0.169. The Morgan fingerprint density at radius 1 is 0.442 bits per heavy atom. The van der Waals surface area contributed by atoms with Crippen LogP contribution in [0.4, 0.5) is 0 Å². The average Bonchev–Trinajstić information content (AvgIpc) is 3.04. The first kappa shape index (κ1) is 30.3. The Labute approximate surface area is 280 Å². The van der Waals surface area contributed by atoms with Crippen LogP contribution < -0.4 is 16.4 Å². The molecule has 6 aromatic rings. The molecule has 6 aromatic carbocycles. The van der Waals surface area contributed by atoms with Crippen LogP contribution in [-0.4, -0.2) is 6.71 Å². The van der Waals surface area contributed by atoms with Crippen LogP contribution in [-0.2, 0) is 0 Å². The van der Waals surface area contributed by atoms with Crippen molar-refractivity contribution in [2.24, 2.45) is 0 Å². The molecule has 0 amide bonds. The third-order valence-electron chi connectivity index (χ3n) is 7.08. The number of halogens is 1. The van der Waals surface area contributed by atoms with Crippen LogP contribution in [0.2, 0.25) is 0 Å². The second kappa shape index (κ2) is 13.9. The largest absolute Gasteiger partial charge is 0.247 e. The second-order valence-electron chi connectivity index (χ2n) is 9.78. The molecule has 0 aliphatic carbocycles. The first-order valence-electron chi connectivity index (χ1n) is 13.7. The summed E-state index contributed by atoms with van der Waals surface area (Å²) in [6.07, 6.45) is 0. The van der Waals surface area contributed by atoms with E-state index in [0.717, 1.165) is 4.47 Å². The van der Waals surface area contributed by atoms with Crippen molar-refractivity contribution in [2.75, 3.05) is 0 Å². The molecule has 0 radical (unpaired) electrons. The first-order valence-corrected chi connectivity index (χ1v) is 17.7. The van der Waals surface area contributed by atoms with Crippen LogP contribution in [0.1, 0.15) is 7.43 Å². The maximum atomic E-state index is 3.75. The van der Waals surface area contributed by atoms with E-state index in [-0.39, 0.29) is 7.43 Å². The summed E-state index contributed by atoms with van der Waals surface area (Å²) in [4.78, 5) is 10.6. The Hall–Kier alpha value is -2.74. The number of hydrogen-bond donors (Lipinski definition) is 0. The van der Waals surface area contributed by atoms with Crippen LogP contribution in [0.3, 0.4) is 0 Å². The van der Waals surface area contributed by atoms with E-state index in [9.17, 15) is 0 Å². The summed E-state index contributed by atoms with van der Waals surface area (Å²) in [7, 11) is 0. The fraction of sp³-hybridized carbons (Fsp3) is 0.0270. The van der Waals surface area contributed by atoms with Gasteiger partial charge in [-0.2, -0.15) is 0 Å². The molecule has 210 valence electrons. The van der Waals surface area contributed by atoms with Gasteiger partial charge in [0.2, 0.25) is 6.71 Å². The molecule has 43 heavy (non-hydrogen) atoms. The molecule has 6 heteroatoms. The monoisotopic (exact) mass is 690 g/mol. The highest BCUT2D eigenvalue weighted by Crippen LogP contribution is 2.41. The van der Waals surface area contributed by atoms with Gasteiger partial charge in [-0.25, -0.2) is 0 Å². The van der Waals surface area contributed by atoms with Crippen molar-refractivity contribution in [3.05, 3.63) is 150 Å². The molecule has 0 N–H and O–H groups in total. The number of rotatable bonds is 4. The molecule has 0 unspecified atom stereocenters. The van der Waals surface area contributed by atoms with E-state index in [1.807, 2.05) is 35.7 Å². The molecule has 8 rings (SSSR count). The van der Waals surface area contributed by atoms with Crippen molar-refractivity contribution in [2.45, 2.75) is 46.6 Å². The van der Waals surface area contributed by atoms with Crippen molar-refractivity contribution in [3.8, 4) is 0 Å². The van der Waals surface area contributed by atoms with Gasteiger partial charge in [0.1, 0.15) is 0 Å². The lowest BCUT2D eigenvalue weighted by Crippen LogP contribution is -2.57. The molecule has 0 fully saturated rings. The zero-order valence-corrected chi connectivity index (χ0v) is 27.3. The lowest BCUT2D eigenvalue weighted by atomic mass is 9.36. The van der Waals surface area contributed by atoms with Crippen molar-refractivity contribution in [3.63, 3.8) is 0 Å². The lowest BCUT2D eigenvalue weighted by molar-refractivity contribution is 1.26. The van der Waals surface area contributed by atoms with E-state index in [2.05, 4.69) is 149 Å². The first-order chi connectivity index (χ1) is 20.7. The zero-order chi connectivity index (χ0) is 28.3. The Kier molecular flexibility index (Phi) is 9.81. The van der Waals surface area contributed by atoms with Gasteiger partial charge in [0.05, 0.1) is 0 Å². The molecule has 0 saturated heterocycles. The minimum Gasteiger partial charge on any atom is -0.0911 e. The van der Waals surface area contributed by atoms with Crippen LogP contribution in [0.5, 0.6) is 0 Å². The van der Waals surface area contributed by atoms with Gasteiger partial charge in [-0.1, -0.05) is 150 Å². The topological polar surface area (TPSA) is 0 Å². The molecule has 2 aliphatic rings. The predicted octanol–water partition coefficient (Wildman–Crippen LogP) is 10.5. The van der Waals surface area contributed by atoms with Gasteiger partial charge in [0.25, 0.3) is 0 Å². The molecule has 0 saturated carbocycles. The van der Waals surface area contributed by atoms with Crippen LogP contribution in [0, 0.1) is 0 Å². The third-order valence-corrected chi connectivity index (χ3v) is 12.9. The fourth-order valence-electron chi connectivity index (χ4n) is 5.21. The number of hydrogen-bond acceptors (Lipinski definition) is 4. The molecular formula is C37H28BBrS4. The minimum absolute atomic E-state index is 0. The standard InChI is InChI=1S/C18H11BS2.C18H13BrS2.CH4/c1-3-8-14-12(6-1)19-13-7-2-4-9-15(13)21-17-11-5-10-16(20-14)18(17)19;19-18-16(20-14-8-3-1-4-9-14)12-7-13-17(18)21-15-10-5-2-6-11-15;/h1-11H;1-13H;1H4. The Morgan fingerprint density at radius 2 is 0.837 bits per heavy atom. The highest BCUT2D eigenvalue weighted by molar-refractivity contribution is 9.10. The number of benzene rings is 6. The van der Waals surface area contributed by atoms with Crippen molar-refractivity contribution in [1.29, 1.82) is 0 Å². The molecule has 2 aliphatic heterocycles. The van der Waals surface area contributed by atoms with E-state index < -0.39 is 0 Å². The molecule has 0 bridgehead atoms. The van der Waals surface area contributed by atoms with Gasteiger partial charge < -0.3 is 0 Å². The molecule has 0 aromatic heterocycles. The van der Waals surface area contributed by atoms with E-state index in [1.54, 1.807) is 23.5 Å². The summed E-state index contributed by atoms with van der Waals surface area (Å²) in [6, 6.07) is 51.7. The van der Waals surface area contributed by atoms with Crippen molar-refractivity contribution in [1.82, 2.24) is 0 Å². The molecular weight excluding hydrogens is 663 g/mol. The maximum Gasteiger partial charge on any atom is 0.247 e. The second-order valence-corrected chi connectivity index (χ2v) is 15.0. The normalized spacial score (nSPS) is 12.1. The zero-order valence-electron chi connectivity index (χ0n) is 22.4. The van der Waals surface area contributed by atoms with Gasteiger partial charge in [-0.15, -0.1) is 0 Å². The summed E-state index contributed by atoms with van der Waals surface area (Å²) >= 11 is 11.1. The molecule has 0 atom stereocenters. The molecule has 2 heterocycles. The summed E-state index contributed by atoms with van der Waals surface area (Å²) in [5, 5.41) is 0. The van der Waals surface area contributed by atoms with Crippen molar-refractivity contribution >= 4 is 86.1 Å². The Morgan fingerprint density at radius 3 is 1.33 bits per heavy atom. The Balaban J connectivity index is 0.000000150. The molecule has 0 spiro atoms. The summed E-state index contributed by atoms with van der Waals surface area (Å²) in [5.41, 5.74) is 4.41. The van der Waals surface area contributed by atoms with Crippen LogP contribution in [0.15, 0.2) is 189 Å². The van der Waals surface area contributed by atoms with E-state index in [0.29, 0.717) is 6.71 Å². The number of fused-ring (bicyclic) bond motifs is 4. The van der Waals surface area contributed by atoms with Gasteiger partial charge in [-0.05, 0) is 82.1 Å². The SMILES string of the molecule is Brc1c(Sc2ccccc2)cccc1Sc1ccccc1.C.c1ccc2c(c1)Sc1cccc3c1B2c1ccccc1S3. The van der Waals surface area contributed by atoms with Crippen LogP contribution >= 0.6 is 63.0 Å². The maximum absolute atomic E-state index is 3.75. The third kappa shape index (κ3) is 6.55. The lowest BCUT2D eigenvalue weighted by Gasteiger charge is -2.32. The van der Waals surface area contributed by atoms with E-state index in [4.69, 9.17) is 0 Å². The minimum atomic E-state index is 0. The summed E-state index contributed by atoms with van der Waals surface area (Å²) < 4.78 is 1.16. The Bertz CT molecular complexity index is 1730. The van der Waals surface area contributed by atoms with E-state index in [1.165, 1.54) is 55.6 Å². The van der Waals surface area contributed by atoms with Gasteiger partial charge in [0, 0.05) is 43.6 Å². The average molecular weight is 692 g/mol. The summed E-state index contributed by atoms with van der Waals surface area (Å²) in [5.74, 6) is 0. The highest BCUT2D eigenvalue weighted by atomic mass is 79.9. The van der Waals surface area contributed by atoms with E-state index >= 15 is 0 Å². The smallest absolute Gasteiger partial charge is 0.0911 e. The van der Waals surface area contributed by atoms with Crippen LogP contribution in [0.25, 0.3) is 0 Å². The highest BCUT2D eigenvalue weighted by Gasteiger charge is 2.37. The van der Waals surface area contributed by atoms with Gasteiger partial charge >= 0.3 is 0 Å². The van der Waals surface area contributed by atoms with Gasteiger partial charge in [-0.3, -0.25) is 0 Å². The fourth-order valence-corrected chi connectivity index (χ4v) is 10.2. The van der Waals surface area contributed by atoms with Crippen molar-refractivity contribution < 1.29 is 0 Å².